The summed E-state index contributed by atoms with van der Waals surface area (Å²) in [6.45, 7) is 19.7. The molecule has 5 aliphatic rings. The molecule has 2 nitrogen and oxygen atoms in total. The molecule has 5 aliphatic carbocycles. The quantitative estimate of drug-likeness (QED) is 0.284. The Hall–Kier alpha value is -0.790. The largest absolute Gasteiger partial charge is 0.462 e. The van der Waals surface area contributed by atoms with Crippen LogP contribution in [0.2, 0.25) is 0 Å². The van der Waals surface area contributed by atoms with Crippen LogP contribution in [0.3, 0.4) is 0 Å². The predicted octanol–water partition coefficient (Wildman–Crippen LogP) is 10.0. The Kier molecular flexibility index (Phi) is 8.90. The second-order valence-corrected chi connectivity index (χ2v) is 14.0. The highest BCUT2D eigenvalue weighted by Gasteiger charge is 2.68. The van der Waals surface area contributed by atoms with E-state index in [0.717, 1.165) is 30.1 Å². The standard InChI is InChI=1S/C30H50O2.C3H6.CH4/c1-7-29-15-9-10-26(29)30(8-2)19-14-24-27(5)17-12-23(32-21(4)31)20(3)22(27)11-16-28(24,6)25(30)13-18-29;1-3-2;/h20,22-26H,7-19H2,1-6H3;3H,1H2,2H3;1H4/t20?,22?,23?,24?,25?,26?,27?,28?,29?,30-;;/m0../s1. The van der Waals surface area contributed by atoms with Crippen molar-refractivity contribution in [2.24, 2.45) is 51.2 Å². The second-order valence-electron chi connectivity index (χ2n) is 14.0. The Morgan fingerprint density at radius 3 is 2.14 bits per heavy atom. The molecule has 0 aromatic heterocycles. The van der Waals surface area contributed by atoms with Crippen molar-refractivity contribution >= 4 is 5.97 Å². The maximum atomic E-state index is 11.7. The van der Waals surface area contributed by atoms with Crippen molar-refractivity contribution in [1.29, 1.82) is 0 Å². The van der Waals surface area contributed by atoms with E-state index in [1.165, 1.54) is 77.0 Å². The van der Waals surface area contributed by atoms with E-state index in [-0.39, 0.29) is 19.5 Å². The van der Waals surface area contributed by atoms with Gasteiger partial charge in [-0.05, 0) is 129 Å². The molecule has 0 radical (unpaired) electrons. The number of carbonyl (C=O) groups is 1. The molecule has 0 bridgehead atoms. The number of esters is 1. The van der Waals surface area contributed by atoms with Crippen LogP contribution < -0.4 is 0 Å². The predicted molar refractivity (Wildman–Crippen MR) is 154 cm³/mol. The molecular weight excluding hydrogens is 440 g/mol. The zero-order valence-corrected chi connectivity index (χ0v) is 24.3. The molecular formula is C34H60O2. The lowest BCUT2D eigenvalue weighted by atomic mass is 9.34. The lowest BCUT2D eigenvalue weighted by Gasteiger charge is -2.71. The summed E-state index contributed by atoms with van der Waals surface area (Å²) in [5, 5.41) is 0. The van der Waals surface area contributed by atoms with Crippen molar-refractivity contribution in [3.63, 3.8) is 0 Å². The Bertz CT molecular complexity index is 788. The molecule has 0 N–H and O–H groups in total. The van der Waals surface area contributed by atoms with E-state index in [0.29, 0.717) is 27.6 Å². The summed E-state index contributed by atoms with van der Waals surface area (Å²) in [5.41, 5.74) is 2.22. The Labute approximate surface area is 224 Å². The Morgan fingerprint density at radius 1 is 0.889 bits per heavy atom. The van der Waals surface area contributed by atoms with Crippen LogP contribution in [0.5, 0.6) is 0 Å². The van der Waals surface area contributed by atoms with Crippen LogP contribution in [-0.2, 0) is 9.53 Å². The van der Waals surface area contributed by atoms with Crippen LogP contribution in [-0.4, -0.2) is 12.1 Å². The molecule has 0 aliphatic heterocycles. The summed E-state index contributed by atoms with van der Waals surface area (Å²) >= 11 is 0. The molecule has 0 amide bonds. The Morgan fingerprint density at radius 2 is 1.53 bits per heavy atom. The highest BCUT2D eigenvalue weighted by molar-refractivity contribution is 5.66. The Balaban J connectivity index is 0.000000861. The van der Waals surface area contributed by atoms with E-state index >= 15 is 0 Å². The molecule has 0 heterocycles. The first-order valence-corrected chi connectivity index (χ1v) is 15.3. The first kappa shape index (κ1) is 29.8. The zero-order chi connectivity index (χ0) is 25.6. The maximum Gasteiger partial charge on any atom is 0.302 e. The van der Waals surface area contributed by atoms with E-state index in [1.54, 1.807) is 13.0 Å². The number of hydrogen-bond acceptors (Lipinski definition) is 2. The maximum absolute atomic E-state index is 11.7. The third-order valence-electron chi connectivity index (χ3n) is 13.2. The second kappa shape index (κ2) is 10.8. The van der Waals surface area contributed by atoms with Gasteiger partial charge in [0.1, 0.15) is 6.10 Å². The first-order chi connectivity index (χ1) is 16.6. The molecule has 208 valence electrons. The number of fused-ring (bicyclic) bond motifs is 7. The van der Waals surface area contributed by atoms with Crippen molar-refractivity contribution in [3.8, 4) is 0 Å². The van der Waals surface area contributed by atoms with Crippen LogP contribution in [0.15, 0.2) is 12.7 Å². The summed E-state index contributed by atoms with van der Waals surface area (Å²) < 4.78 is 5.81. The highest BCUT2D eigenvalue weighted by atomic mass is 16.5. The van der Waals surface area contributed by atoms with E-state index in [4.69, 9.17) is 4.74 Å². The summed E-state index contributed by atoms with van der Waals surface area (Å²) in [4.78, 5) is 11.7. The van der Waals surface area contributed by atoms with Crippen LogP contribution in [0, 0.1) is 51.2 Å². The summed E-state index contributed by atoms with van der Waals surface area (Å²) in [5.74, 6) is 3.92. The van der Waals surface area contributed by atoms with Crippen LogP contribution in [0.4, 0.5) is 0 Å². The summed E-state index contributed by atoms with van der Waals surface area (Å²) in [6.07, 6.45) is 20.3. The molecule has 2 heteroatoms. The minimum atomic E-state index is -0.0883. The van der Waals surface area contributed by atoms with Crippen molar-refractivity contribution in [3.05, 3.63) is 12.7 Å². The zero-order valence-electron chi connectivity index (χ0n) is 24.3. The number of carbonyl (C=O) groups excluding carboxylic acids is 1. The van der Waals surface area contributed by atoms with Crippen molar-refractivity contribution < 1.29 is 9.53 Å². The number of rotatable bonds is 3. The summed E-state index contributed by atoms with van der Waals surface area (Å²) in [7, 11) is 0. The monoisotopic (exact) mass is 500 g/mol. The number of allylic oxidation sites excluding steroid dienone is 1. The number of ether oxygens (including phenoxy) is 1. The SMILES string of the molecule is C.C=CC.CCC12CCCC1[C@@]1(CC)CCC3C4(C)CCC(OC(C)=O)C(C)C4CCC3(C)C1CC2. The molecule has 0 spiro atoms. The molecule has 9 unspecified atom stereocenters. The summed E-state index contributed by atoms with van der Waals surface area (Å²) in [6, 6.07) is 0. The minimum absolute atomic E-state index is 0. The first-order valence-electron chi connectivity index (χ1n) is 15.3. The third-order valence-corrected chi connectivity index (χ3v) is 13.2. The van der Waals surface area contributed by atoms with Gasteiger partial charge in [-0.3, -0.25) is 4.79 Å². The lowest BCUT2D eigenvalue weighted by molar-refractivity contribution is -0.229. The van der Waals surface area contributed by atoms with E-state index < -0.39 is 0 Å². The van der Waals surface area contributed by atoms with Gasteiger partial charge in [-0.25, -0.2) is 0 Å². The molecule has 5 rings (SSSR count). The number of hydrogen-bond donors (Lipinski definition) is 0. The van der Waals surface area contributed by atoms with Gasteiger partial charge < -0.3 is 4.74 Å². The fraction of sp³-hybridized carbons (Fsp3) is 0.912. The van der Waals surface area contributed by atoms with Gasteiger partial charge in [-0.15, -0.1) is 6.58 Å². The van der Waals surface area contributed by atoms with Gasteiger partial charge in [0.05, 0.1) is 0 Å². The lowest BCUT2D eigenvalue weighted by Crippen LogP contribution is -2.64. The van der Waals surface area contributed by atoms with Crippen molar-refractivity contribution in [1.82, 2.24) is 0 Å². The smallest absolute Gasteiger partial charge is 0.302 e. The van der Waals surface area contributed by atoms with Crippen LogP contribution in [0.1, 0.15) is 139 Å². The topological polar surface area (TPSA) is 26.3 Å². The van der Waals surface area contributed by atoms with Gasteiger partial charge in [0.15, 0.2) is 0 Å². The van der Waals surface area contributed by atoms with Gasteiger partial charge >= 0.3 is 5.97 Å². The minimum Gasteiger partial charge on any atom is -0.462 e. The average molecular weight is 501 g/mol. The van der Waals surface area contributed by atoms with Gasteiger partial charge in [0, 0.05) is 6.92 Å². The highest BCUT2D eigenvalue weighted by Crippen LogP contribution is 2.76. The molecule has 0 aromatic carbocycles. The fourth-order valence-electron chi connectivity index (χ4n) is 12.0. The molecule has 10 atom stereocenters. The van der Waals surface area contributed by atoms with Crippen LogP contribution in [0.25, 0.3) is 0 Å². The van der Waals surface area contributed by atoms with E-state index in [9.17, 15) is 4.79 Å². The van der Waals surface area contributed by atoms with Gasteiger partial charge in [0.25, 0.3) is 0 Å². The molecule has 5 saturated carbocycles. The van der Waals surface area contributed by atoms with E-state index in [1.807, 2.05) is 6.92 Å². The molecule has 0 aromatic rings. The van der Waals surface area contributed by atoms with Crippen molar-refractivity contribution in [2.45, 2.75) is 145 Å². The molecule has 0 saturated heterocycles. The fourth-order valence-corrected chi connectivity index (χ4v) is 12.0. The normalized spacial score (nSPS) is 49.0. The molecule has 5 fully saturated rings. The van der Waals surface area contributed by atoms with Gasteiger partial charge in [0.2, 0.25) is 0 Å². The third kappa shape index (κ3) is 4.23. The van der Waals surface area contributed by atoms with Crippen LogP contribution >= 0.6 is 0 Å². The van der Waals surface area contributed by atoms with Gasteiger partial charge in [-0.2, -0.15) is 0 Å². The molecule has 36 heavy (non-hydrogen) atoms. The van der Waals surface area contributed by atoms with Crippen molar-refractivity contribution in [2.75, 3.05) is 0 Å². The van der Waals surface area contributed by atoms with Gasteiger partial charge in [-0.1, -0.05) is 61.0 Å². The average Bonchev–Trinajstić information content (AvgIpc) is 3.26. The van der Waals surface area contributed by atoms with E-state index in [2.05, 4.69) is 41.2 Å².